The van der Waals surface area contributed by atoms with Gasteiger partial charge in [-0.15, -0.1) is 0 Å². The summed E-state index contributed by atoms with van der Waals surface area (Å²) in [6.45, 7) is 2.67. The van der Waals surface area contributed by atoms with Crippen molar-refractivity contribution in [3.8, 4) is 11.4 Å². The Morgan fingerprint density at radius 1 is 1.47 bits per heavy atom. The zero-order valence-corrected chi connectivity index (χ0v) is 12.2. The van der Waals surface area contributed by atoms with E-state index in [1.54, 1.807) is 6.07 Å². The Balaban J connectivity index is 2.20. The van der Waals surface area contributed by atoms with Gasteiger partial charge >= 0.3 is 0 Å². The number of hydrogen-bond acceptors (Lipinski definition) is 4. The lowest BCUT2D eigenvalue weighted by molar-refractivity contribution is 0.352. The lowest BCUT2D eigenvalue weighted by Crippen LogP contribution is -2.02. The fraction of sp³-hybridized carbons (Fsp3) is 0.385. The summed E-state index contributed by atoms with van der Waals surface area (Å²) in [5.41, 5.74) is 6.19. The standard InChI is InChI=1S/C13H15BrFN3O/c1-8(3-2-6-16)13-17-12(18-19-13)10-5-4-9(15)7-11(10)14/h4-5,7-8H,2-3,6,16H2,1H3. The van der Waals surface area contributed by atoms with Gasteiger partial charge < -0.3 is 10.3 Å². The zero-order valence-electron chi connectivity index (χ0n) is 10.6. The summed E-state index contributed by atoms with van der Waals surface area (Å²) in [6, 6.07) is 4.37. The first-order valence-electron chi connectivity index (χ1n) is 6.11. The van der Waals surface area contributed by atoms with Crippen LogP contribution in [0.4, 0.5) is 4.39 Å². The van der Waals surface area contributed by atoms with E-state index in [-0.39, 0.29) is 11.7 Å². The maximum Gasteiger partial charge on any atom is 0.229 e. The molecule has 0 fully saturated rings. The highest BCUT2D eigenvalue weighted by molar-refractivity contribution is 9.10. The first-order valence-corrected chi connectivity index (χ1v) is 6.90. The molecule has 2 rings (SSSR count). The zero-order chi connectivity index (χ0) is 13.8. The van der Waals surface area contributed by atoms with E-state index in [0.29, 0.717) is 28.3 Å². The van der Waals surface area contributed by atoms with Crippen molar-refractivity contribution in [1.29, 1.82) is 0 Å². The van der Waals surface area contributed by atoms with E-state index in [0.717, 1.165) is 12.8 Å². The van der Waals surface area contributed by atoms with Crippen LogP contribution in [0.1, 0.15) is 31.6 Å². The third-order valence-corrected chi connectivity index (χ3v) is 3.53. The highest BCUT2D eigenvalue weighted by Crippen LogP contribution is 2.28. The third kappa shape index (κ3) is 3.39. The van der Waals surface area contributed by atoms with Crippen molar-refractivity contribution in [2.45, 2.75) is 25.7 Å². The molecule has 0 radical (unpaired) electrons. The second kappa shape index (κ2) is 6.25. The third-order valence-electron chi connectivity index (χ3n) is 2.88. The highest BCUT2D eigenvalue weighted by Gasteiger charge is 2.16. The molecule has 1 aromatic carbocycles. The quantitative estimate of drug-likeness (QED) is 0.913. The summed E-state index contributed by atoms with van der Waals surface area (Å²) in [5, 5.41) is 3.94. The van der Waals surface area contributed by atoms with Crippen molar-refractivity contribution in [2.24, 2.45) is 5.73 Å². The maximum absolute atomic E-state index is 13.0. The van der Waals surface area contributed by atoms with E-state index in [1.165, 1.54) is 12.1 Å². The van der Waals surface area contributed by atoms with Gasteiger partial charge in [0.2, 0.25) is 11.7 Å². The summed E-state index contributed by atoms with van der Waals surface area (Å²) >= 11 is 3.29. The minimum atomic E-state index is -0.310. The Hall–Kier alpha value is -1.27. The Morgan fingerprint density at radius 3 is 2.95 bits per heavy atom. The molecular weight excluding hydrogens is 313 g/mol. The van der Waals surface area contributed by atoms with E-state index in [2.05, 4.69) is 26.1 Å². The molecule has 0 bridgehead atoms. The summed E-state index contributed by atoms with van der Waals surface area (Å²) < 4.78 is 18.9. The normalized spacial score (nSPS) is 12.6. The molecule has 1 aromatic heterocycles. The van der Waals surface area contributed by atoms with Crippen LogP contribution in [0.25, 0.3) is 11.4 Å². The SMILES string of the molecule is CC(CCCN)c1nc(-c2ccc(F)cc2Br)no1. The van der Waals surface area contributed by atoms with Gasteiger partial charge in [-0.1, -0.05) is 12.1 Å². The maximum atomic E-state index is 13.0. The van der Waals surface area contributed by atoms with Crippen LogP contribution in [0.2, 0.25) is 0 Å². The smallest absolute Gasteiger partial charge is 0.229 e. The van der Waals surface area contributed by atoms with Gasteiger partial charge in [-0.2, -0.15) is 4.98 Å². The molecule has 1 heterocycles. The number of benzene rings is 1. The minimum Gasteiger partial charge on any atom is -0.339 e. The Morgan fingerprint density at radius 2 is 2.26 bits per heavy atom. The van der Waals surface area contributed by atoms with Crippen LogP contribution in [0.3, 0.4) is 0 Å². The Bertz CT molecular complexity index is 559. The van der Waals surface area contributed by atoms with E-state index >= 15 is 0 Å². The second-order valence-corrected chi connectivity index (χ2v) is 5.27. The van der Waals surface area contributed by atoms with Crippen LogP contribution < -0.4 is 5.73 Å². The summed E-state index contributed by atoms with van der Waals surface area (Å²) in [6.07, 6.45) is 1.82. The number of nitrogens with two attached hydrogens (primary N) is 1. The lowest BCUT2D eigenvalue weighted by atomic mass is 10.1. The summed E-state index contributed by atoms with van der Waals surface area (Å²) in [5.74, 6) is 0.904. The van der Waals surface area contributed by atoms with E-state index < -0.39 is 0 Å². The topological polar surface area (TPSA) is 64.9 Å². The predicted molar refractivity (Wildman–Crippen MR) is 74.1 cm³/mol. The largest absolute Gasteiger partial charge is 0.339 e. The lowest BCUT2D eigenvalue weighted by Gasteiger charge is -2.03. The highest BCUT2D eigenvalue weighted by atomic mass is 79.9. The molecule has 4 nitrogen and oxygen atoms in total. The fourth-order valence-electron chi connectivity index (χ4n) is 1.76. The fourth-order valence-corrected chi connectivity index (χ4v) is 2.29. The van der Waals surface area contributed by atoms with Crippen molar-refractivity contribution in [1.82, 2.24) is 10.1 Å². The van der Waals surface area contributed by atoms with Crippen molar-refractivity contribution in [2.75, 3.05) is 6.54 Å². The van der Waals surface area contributed by atoms with Gasteiger partial charge in [-0.05, 0) is 53.5 Å². The average molecular weight is 328 g/mol. The predicted octanol–water partition coefficient (Wildman–Crippen LogP) is 3.48. The Kier molecular flexibility index (Phi) is 4.66. The molecule has 0 saturated heterocycles. The van der Waals surface area contributed by atoms with Gasteiger partial charge in [-0.3, -0.25) is 0 Å². The average Bonchev–Trinajstić information content (AvgIpc) is 2.85. The molecule has 2 aromatic rings. The molecule has 19 heavy (non-hydrogen) atoms. The van der Waals surface area contributed by atoms with Gasteiger partial charge in [0.15, 0.2) is 0 Å². The van der Waals surface area contributed by atoms with Crippen LogP contribution in [-0.4, -0.2) is 16.7 Å². The molecule has 2 N–H and O–H groups in total. The van der Waals surface area contributed by atoms with Crippen molar-refractivity contribution >= 4 is 15.9 Å². The molecule has 102 valence electrons. The number of aromatic nitrogens is 2. The molecule has 6 heteroatoms. The number of nitrogens with zero attached hydrogens (tertiary/aromatic N) is 2. The van der Waals surface area contributed by atoms with Gasteiger partial charge in [0, 0.05) is 16.0 Å². The first-order chi connectivity index (χ1) is 9.11. The van der Waals surface area contributed by atoms with Crippen LogP contribution >= 0.6 is 15.9 Å². The van der Waals surface area contributed by atoms with Gasteiger partial charge in [0.05, 0.1) is 0 Å². The molecule has 0 aliphatic carbocycles. The molecule has 1 atom stereocenters. The molecule has 0 amide bonds. The van der Waals surface area contributed by atoms with Crippen molar-refractivity contribution in [3.05, 3.63) is 34.4 Å². The minimum absolute atomic E-state index is 0.170. The van der Waals surface area contributed by atoms with Crippen molar-refractivity contribution < 1.29 is 8.91 Å². The molecule has 1 unspecified atom stereocenters. The van der Waals surface area contributed by atoms with Crippen LogP contribution in [0, 0.1) is 5.82 Å². The summed E-state index contributed by atoms with van der Waals surface area (Å²) in [7, 11) is 0. The Labute approximate surface area is 119 Å². The summed E-state index contributed by atoms with van der Waals surface area (Å²) in [4.78, 5) is 4.35. The van der Waals surface area contributed by atoms with E-state index in [9.17, 15) is 4.39 Å². The van der Waals surface area contributed by atoms with E-state index in [1.807, 2.05) is 6.92 Å². The van der Waals surface area contributed by atoms with Crippen molar-refractivity contribution in [3.63, 3.8) is 0 Å². The van der Waals surface area contributed by atoms with Gasteiger partial charge in [0.1, 0.15) is 5.82 Å². The van der Waals surface area contributed by atoms with Gasteiger partial charge in [-0.25, -0.2) is 4.39 Å². The number of rotatable bonds is 5. The molecular formula is C13H15BrFN3O. The van der Waals surface area contributed by atoms with E-state index in [4.69, 9.17) is 10.3 Å². The monoisotopic (exact) mass is 327 g/mol. The van der Waals surface area contributed by atoms with Crippen LogP contribution in [-0.2, 0) is 0 Å². The van der Waals surface area contributed by atoms with Crippen LogP contribution in [0.5, 0.6) is 0 Å². The number of hydrogen-bond donors (Lipinski definition) is 1. The first kappa shape index (κ1) is 14.1. The van der Waals surface area contributed by atoms with Crippen LogP contribution in [0.15, 0.2) is 27.2 Å². The van der Waals surface area contributed by atoms with Gasteiger partial charge in [0.25, 0.3) is 0 Å². The molecule has 0 saturated carbocycles. The number of halogens is 2. The second-order valence-electron chi connectivity index (χ2n) is 4.41. The molecule has 0 aliphatic rings. The molecule has 0 aliphatic heterocycles. The molecule has 0 spiro atoms.